The number of hydrogen-bond acceptors (Lipinski definition) is 9. The Kier molecular flexibility index (Phi) is 10.6. The monoisotopic (exact) mass is 553 g/mol. The lowest BCUT2D eigenvalue weighted by atomic mass is 10.1. The van der Waals surface area contributed by atoms with Crippen LogP contribution in [-0.2, 0) is 26.2 Å². The lowest BCUT2D eigenvalue weighted by Crippen LogP contribution is -2.34. The maximum atomic E-state index is 11.7. The first-order valence-corrected chi connectivity index (χ1v) is 13.2. The first kappa shape index (κ1) is 29.1. The Morgan fingerprint density at radius 2 is 1.49 bits per heavy atom. The summed E-state index contributed by atoms with van der Waals surface area (Å²) in [6.45, 7) is 6.32. The predicted molar refractivity (Wildman–Crippen MR) is 157 cm³/mol. The second-order valence-electron chi connectivity index (χ2n) is 9.37. The number of azide groups is 2. The molecule has 0 atom stereocenters. The van der Waals surface area contributed by atoms with Crippen LogP contribution in [0.25, 0.3) is 31.9 Å². The summed E-state index contributed by atoms with van der Waals surface area (Å²) in [5, 5.41) is 15.0. The summed E-state index contributed by atoms with van der Waals surface area (Å²) >= 11 is 0. The highest BCUT2D eigenvalue weighted by molar-refractivity contribution is 5.83. The minimum absolute atomic E-state index is 0.199. The van der Waals surface area contributed by atoms with Crippen LogP contribution in [-0.4, -0.2) is 41.0 Å². The largest absolute Gasteiger partial charge is 0.423 e. The van der Waals surface area contributed by atoms with Crippen LogP contribution in [0.2, 0.25) is 0 Å². The third-order valence-electron chi connectivity index (χ3n) is 6.28. The standard InChI is InChI=1S/C28H31N11O2/c1-20-14-28(40)41-27-15-21(8-9-26(20)27)32-11-10-31-12-13-39(18-24-6-2-4-22(35-24)16-33-37-29)19-25-7-3-5-23(36-25)17-34-38-30/h2-9,14-15,31-32H,10-13,16-19H2,1H3. The Morgan fingerprint density at radius 1 is 0.854 bits per heavy atom. The molecule has 0 radical (unpaired) electrons. The Hall–Kier alpha value is -4.93. The molecule has 41 heavy (non-hydrogen) atoms. The highest BCUT2D eigenvalue weighted by Crippen LogP contribution is 2.20. The number of rotatable bonds is 15. The first-order chi connectivity index (χ1) is 20.0. The molecule has 0 saturated carbocycles. The molecule has 0 aliphatic heterocycles. The number of pyridine rings is 2. The third kappa shape index (κ3) is 9.06. The molecule has 3 aromatic heterocycles. The van der Waals surface area contributed by atoms with Gasteiger partial charge >= 0.3 is 5.63 Å². The summed E-state index contributed by atoms with van der Waals surface area (Å²) in [4.78, 5) is 28.8. The van der Waals surface area contributed by atoms with E-state index < -0.39 is 0 Å². The number of benzene rings is 1. The lowest BCUT2D eigenvalue weighted by Gasteiger charge is -2.22. The fourth-order valence-electron chi connectivity index (χ4n) is 4.38. The number of nitrogens with zero attached hydrogens (tertiary/aromatic N) is 9. The Labute approximate surface area is 236 Å². The van der Waals surface area contributed by atoms with E-state index >= 15 is 0 Å². The Morgan fingerprint density at radius 3 is 2.12 bits per heavy atom. The number of nitrogens with one attached hydrogen (secondary N) is 2. The van der Waals surface area contributed by atoms with Crippen LogP contribution in [0, 0.1) is 6.92 Å². The van der Waals surface area contributed by atoms with Crippen molar-refractivity contribution in [1.29, 1.82) is 0 Å². The number of aryl methyl sites for hydroxylation is 1. The third-order valence-corrected chi connectivity index (χ3v) is 6.28. The quantitative estimate of drug-likeness (QED) is 0.0665. The summed E-state index contributed by atoms with van der Waals surface area (Å²) in [5.41, 5.74) is 22.4. The normalized spacial score (nSPS) is 10.8. The zero-order valence-corrected chi connectivity index (χ0v) is 22.8. The van der Waals surface area contributed by atoms with Crippen molar-refractivity contribution in [3.8, 4) is 0 Å². The van der Waals surface area contributed by atoms with Gasteiger partial charge in [0.25, 0.3) is 0 Å². The van der Waals surface area contributed by atoms with Crippen molar-refractivity contribution in [2.45, 2.75) is 33.1 Å². The van der Waals surface area contributed by atoms with E-state index in [1.54, 1.807) is 0 Å². The predicted octanol–water partition coefficient (Wildman–Crippen LogP) is 5.22. The molecular weight excluding hydrogens is 522 g/mol. The van der Waals surface area contributed by atoms with Crippen molar-refractivity contribution < 1.29 is 4.42 Å². The zero-order chi connectivity index (χ0) is 28.9. The fraction of sp³-hybridized carbons (Fsp3) is 0.321. The van der Waals surface area contributed by atoms with E-state index in [0.717, 1.165) is 47.7 Å². The molecule has 0 unspecified atom stereocenters. The van der Waals surface area contributed by atoms with E-state index in [4.69, 9.17) is 15.5 Å². The van der Waals surface area contributed by atoms with E-state index in [-0.39, 0.29) is 18.7 Å². The molecule has 0 amide bonds. The minimum Gasteiger partial charge on any atom is -0.423 e. The molecule has 0 aliphatic carbocycles. The summed E-state index contributed by atoms with van der Waals surface area (Å²) in [7, 11) is 0. The zero-order valence-electron chi connectivity index (χ0n) is 22.8. The van der Waals surface area contributed by atoms with Gasteiger partial charge in [0, 0.05) is 83.7 Å². The van der Waals surface area contributed by atoms with Crippen LogP contribution in [0.4, 0.5) is 5.69 Å². The molecule has 13 nitrogen and oxygen atoms in total. The van der Waals surface area contributed by atoms with E-state index in [2.05, 4.69) is 45.6 Å². The second-order valence-corrected chi connectivity index (χ2v) is 9.37. The molecular formula is C28H31N11O2. The summed E-state index contributed by atoms with van der Waals surface area (Å²) < 4.78 is 5.34. The van der Waals surface area contributed by atoms with Gasteiger partial charge in [0.15, 0.2) is 0 Å². The molecule has 0 bridgehead atoms. The van der Waals surface area contributed by atoms with Gasteiger partial charge in [-0.3, -0.25) is 14.9 Å². The van der Waals surface area contributed by atoms with E-state index in [9.17, 15) is 4.79 Å². The molecule has 3 heterocycles. The smallest absolute Gasteiger partial charge is 0.336 e. The Balaban J connectivity index is 1.34. The van der Waals surface area contributed by atoms with E-state index in [1.807, 2.05) is 61.5 Å². The molecule has 0 spiro atoms. The maximum absolute atomic E-state index is 11.7. The molecule has 0 saturated heterocycles. The summed E-state index contributed by atoms with van der Waals surface area (Å²) in [6.07, 6.45) is 0. The molecule has 0 aliphatic rings. The van der Waals surface area contributed by atoms with Crippen molar-refractivity contribution in [2.75, 3.05) is 31.5 Å². The van der Waals surface area contributed by atoms with Crippen LogP contribution >= 0.6 is 0 Å². The molecule has 0 fully saturated rings. The average Bonchev–Trinajstić information content (AvgIpc) is 2.97. The molecule has 4 rings (SSSR count). The van der Waals surface area contributed by atoms with Gasteiger partial charge in [-0.2, -0.15) is 0 Å². The molecule has 4 aromatic rings. The van der Waals surface area contributed by atoms with Gasteiger partial charge in [-0.15, -0.1) is 0 Å². The molecule has 210 valence electrons. The molecule has 2 N–H and O–H groups in total. The van der Waals surface area contributed by atoms with Gasteiger partial charge in [-0.1, -0.05) is 22.4 Å². The van der Waals surface area contributed by atoms with Crippen LogP contribution in [0.5, 0.6) is 0 Å². The van der Waals surface area contributed by atoms with Crippen molar-refractivity contribution in [3.63, 3.8) is 0 Å². The summed E-state index contributed by atoms with van der Waals surface area (Å²) in [6, 6.07) is 18.6. The van der Waals surface area contributed by atoms with Crippen molar-refractivity contribution in [1.82, 2.24) is 20.2 Å². The number of aromatic nitrogens is 2. The fourth-order valence-corrected chi connectivity index (χ4v) is 4.38. The van der Waals surface area contributed by atoms with Gasteiger partial charge < -0.3 is 15.1 Å². The van der Waals surface area contributed by atoms with Crippen LogP contribution in [0.15, 0.2) is 80.1 Å². The maximum Gasteiger partial charge on any atom is 0.336 e. The van der Waals surface area contributed by atoms with Gasteiger partial charge in [-0.05, 0) is 59.9 Å². The van der Waals surface area contributed by atoms with Gasteiger partial charge in [0.05, 0.1) is 24.5 Å². The van der Waals surface area contributed by atoms with E-state index in [1.165, 1.54) is 6.07 Å². The second kappa shape index (κ2) is 15.0. The lowest BCUT2D eigenvalue weighted by molar-refractivity contribution is 0.250. The van der Waals surface area contributed by atoms with Crippen molar-refractivity contribution in [2.24, 2.45) is 10.2 Å². The van der Waals surface area contributed by atoms with Crippen LogP contribution in [0.1, 0.15) is 28.3 Å². The Bertz CT molecular complexity index is 1560. The van der Waals surface area contributed by atoms with E-state index in [0.29, 0.717) is 36.6 Å². The number of anilines is 1. The number of hydrogen-bond donors (Lipinski definition) is 2. The van der Waals surface area contributed by atoms with Crippen LogP contribution in [0.3, 0.4) is 0 Å². The van der Waals surface area contributed by atoms with Gasteiger partial charge in [0.1, 0.15) is 5.58 Å². The highest BCUT2D eigenvalue weighted by atomic mass is 16.4. The highest BCUT2D eigenvalue weighted by Gasteiger charge is 2.10. The SMILES string of the molecule is Cc1cc(=O)oc2cc(NCCNCCN(Cc3cccc(CN=[N+]=[N-])n3)Cc3cccc(CN=[N+]=[N-])n3)ccc12. The topological polar surface area (TPSA) is 181 Å². The van der Waals surface area contributed by atoms with Crippen LogP contribution < -0.4 is 16.3 Å². The van der Waals surface area contributed by atoms with Gasteiger partial charge in [0.2, 0.25) is 0 Å². The molecule has 1 aromatic carbocycles. The van der Waals surface area contributed by atoms with Crippen molar-refractivity contribution in [3.05, 3.63) is 120 Å². The van der Waals surface area contributed by atoms with Crippen molar-refractivity contribution >= 4 is 16.7 Å². The average molecular weight is 554 g/mol. The molecule has 13 heteroatoms. The number of fused-ring (bicyclic) bond motifs is 1. The summed E-state index contributed by atoms with van der Waals surface area (Å²) in [5.74, 6) is 0. The van der Waals surface area contributed by atoms with Gasteiger partial charge in [-0.25, -0.2) is 4.79 Å². The minimum atomic E-state index is -0.353. The first-order valence-electron chi connectivity index (χ1n) is 13.2.